The van der Waals surface area contributed by atoms with Gasteiger partial charge in [0.15, 0.2) is 5.03 Å². The van der Waals surface area contributed by atoms with Crippen LogP contribution in [0.3, 0.4) is 0 Å². The highest BCUT2D eigenvalue weighted by Crippen LogP contribution is 2.26. The van der Waals surface area contributed by atoms with E-state index in [0.29, 0.717) is 12.4 Å². The average molecular weight is 377 g/mol. The van der Waals surface area contributed by atoms with Gasteiger partial charge in [0.25, 0.3) is 15.6 Å². The fraction of sp³-hybridized carbons (Fsp3) is 0.588. The van der Waals surface area contributed by atoms with Gasteiger partial charge in [-0.05, 0) is 44.6 Å². The smallest absolute Gasteiger partial charge is 0.267 e. The molecule has 0 bridgehead atoms. The van der Waals surface area contributed by atoms with E-state index in [-0.39, 0.29) is 23.2 Å². The summed E-state index contributed by atoms with van der Waals surface area (Å²) in [6, 6.07) is 1.39. The van der Waals surface area contributed by atoms with Crippen LogP contribution in [0.4, 0.5) is 0 Å². The fourth-order valence-corrected chi connectivity index (χ4v) is 5.56. The standard InChI is InChI=1S/C17H23N5O3S/c1-12-18-16(11-20(12)2)26(24,25)22-8-4-6-14(22)10-21-17(23)9-13-5-3-7-15(13)19-21/h9,11,14H,3-8,10H2,1-2H3. The van der Waals surface area contributed by atoms with Gasteiger partial charge in [-0.1, -0.05) is 0 Å². The van der Waals surface area contributed by atoms with E-state index in [4.69, 9.17) is 0 Å². The van der Waals surface area contributed by atoms with E-state index < -0.39 is 10.0 Å². The zero-order chi connectivity index (χ0) is 18.5. The Hall–Kier alpha value is -2.00. The van der Waals surface area contributed by atoms with Gasteiger partial charge in [0.05, 0.1) is 12.2 Å². The quantitative estimate of drug-likeness (QED) is 0.779. The van der Waals surface area contributed by atoms with Crippen molar-refractivity contribution in [1.82, 2.24) is 23.6 Å². The summed E-state index contributed by atoms with van der Waals surface area (Å²) in [5, 5.41) is 4.55. The molecule has 1 aliphatic heterocycles. The van der Waals surface area contributed by atoms with E-state index in [1.165, 1.54) is 8.99 Å². The third-order valence-corrected chi connectivity index (χ3v) is 7.21. The predicted octanol–water partition coefficient (Wildman–Crippen LogP) is 0.627. The first-order valence-electron chi connectivity index (χ1n) is 8.98. The summed E-state index contributed by atoms with van der Waals surface area (Å²) in [5.74, 6) is 0.649. The van der Waals surface area contributed by atoms with Gasteiger partial charge in [-0.15, -0.1) is 0 Å². The molecule has 9 heteroatoms. The molecule has 0 saturated carbocycles. The summed E-state index contributed by atoms with van der Waals surface area (Å²) < 4.78 is 30.6. The third-order valence-electron chi connectivity index (χ3n) is 5.39. The van der Waals surface area contributed by atoms with E-state index in [0.717, 1.165) is 43.4 Å². The van der Waals surface area contributed by atoms with Crippen LogP contribution in [0.25, 0.3) is 0 Å². The van der Waals surface area contributed by atoms with Crippen LogP contribution in [-0.2, 0) is 36.5 Å². The Morgan fingerprint density at radius 1 is 1.27 bits per heavy atom. The molecular formula is C17H23N5O3S. The van der Waals surface area contributed by atoms with Gasteiger partial charge in [0, 0.05) is 31.9 Å². The lowest BCUT2D eigenvalue weighted by Gasteiger charge is -2.23. The molecule has 8 nitrogen and oxygen atoms in total. The van der Waals surface area contributed by atoms with Gasteiger partial charge < -0.3 is 4.57 Å². The zero-order valence-electron chi connectivity index (χ0n) is 15.1. The number of sulfonamides is 1. The first-order chi connectivity index (χ1) is 12.4. The second-order valence-electron chi connectivity index (χ2n) is 7.14. The van der Waals surface area contributed by atoms with Gasteiger partial charge >= 0.3 is 0 Å². The zero-order valence-corrected chi connectivity index (χ0v) is 15.9. The molecule has 2 aliphatic rings. The summed E-state index contributed by atoms with van der Waals surface area (Å²) in [6.45, 7) is 2.51. The van der Waals surface area contributed by atoms with Crippen molar-refractivity contribution in [2.24, 2.45) is 7.05 Å². The van der Waals surface area contributed by atoms with Crippen LogP contribution in [0.5, 0.6) is 0 Å². The van der Waals surface area contributed by atoms with Crippen molar-refractivity contribution in [3.05, 3.63) is 39.7 Å². The lowest BCUT2D eigenvalue weighted by atomic mass is 10.2. The first-order valence-corrected chi connectivity index (χ1v) is 10.4. The van der Waals surface area contributed by atoms with Crippen LogP contribution in [-0.4, -0.2) is 44.6 Å². The Kier molecular flexibility index (Phi) is 4.23. The Morgan fingerprint density at radius 3 is 2.81 bits per heavy atom. The number of aryl methyl sites for hydroxylation is 4. The molecular weight excluding hydrogens is 354 g/mol. The summed E-state index contributed by atoms with van der Waals surface area (Å²) in [7, 11) is -1.90. The van der Waals surface area contributed by atoms with Crippen molar-refractivity contribution in [2.75, 3.05) is 6.54 Å². The normalized spacial score (nSPS) is 20.6. The molecule has 26 heavy (non-hydrogen) atoms. The van der Waals surface area contributed by atoms with Gasteiger partial charge in [-0.3, -0.25) is 4.79 Å². The Bertz CT molecular complexity index is 988. The minimum atomic E-state index is -3.68. The van der Waals surface area contributed by atoms with Gasteiger partial charge in [0.2, 0.25) is 0 Å². The molecule has 1 aliphatic carbocycles. The highest BCUT2D eigenvalue weighted by molar-refractivity contribution is 7.89. The van der Waals surface area contributed by atoms with Gasteiger partial charge in [-0.2, -0.15) is 9.40 Å². The number of nitrogens with zero attached hydrogens (tertiary/aromatic N) is 5. The van der Waals surface area contributed by atoms with Crippen LogP contribution in [0.2, 0.25) is 0 Å². The van der Waals surface area contributed by atoms with E-state index in [1.54, 1.807) is 30.8 Å². The predicted molar refractivity (Wildman–Crippen MR) is 95.4 cm³/mol. The van der Waals surface area contributed by atoms with Crippen molar-refractivity contribution < 1.29 is 8.42 Å². The Balaban J connectivity index is 1.62. The van der Waals surface area contributed by atoms with Crippen molar-refractivity contribution in [2.45, 2.75) is 56.6 Å². The molecule has 0 amide bonds. The van der Waals surface area contributed by atoms with Crippen LogP contribution >= 0.6 is 0 Å². The third kappa shape index (κ3) is 2.88. The van der Waals surface area contributed by atoms with Crippen molar-refractivity contribution in [3.63, 3.8) is 0 Å². The Morgan fingerprint density at radius 2 is 2.08 bits per heavy atom. The second kappa shape index (κ2) is 6.31. The lowest BCUT2D eigenvalue weighted by Crippen LogP contribution is -2.40. The molecule has 2 aromatic rings. The average Bonchev–Trinajstić information content (AvgIpc) is 3.29. The van der Waals surface area contributed by atoms with E-state index in [2.05, 4.69) is 10.1 Å². The second-order valence-corrected chi connectivity index (χ2v) is 8.98. The van der Waals surface area contributed by atoms with Crippen molar-refractivity contribution in [1.29, 1.82) is 0 Å². The number of hydrogen-bond donors (Lipinski definition) is 0. The molecule has 0 aromatic carbocycles. The van der Waals surface area contributed by atoms with Crippen molar-refractivity contribution in [3.8, 4) is 0 Å². The van der Waals surface area contributed by atoms with Crippen LogP contribution in [0.15, 0.2) is 22.1 Å². The molecule has 0 spiro atoms. The maximum absolute atomic E-state index is 13.0. The van der Waals surface area contributed by atoms with Crippen molar-refractivity contribution >= 4 is 10.0 Å². The Labute approximate surface area is 152 Å². The monoisotopic (exact) mass is 377 g/mol. The summed E-state index contributed by atoms with van der Waals surface area (Å²) >= 11 is 0. The minimum Gasteiger partial charge on any atom is -0.337 e. The highest BCUT2D eigenvalue weighted by atomic mass is 32.2. The number of fused-ring (bicyclic) bond motifs is 1. The number of rotatable bonds is 4. The van der Waals surface area contributed by atoms with Crippen LogP contribution in [0.1, 0.15) is 36.3 Å². The topological polar surface area (TPSA) is 90.1 Å². The highest BCUT2D eigenvalue weighted by Gasteiger charge is 2.37. The molecule has 1 saturated heterocycles. The van der Waals surface area contributed by atoms with Gasteiger partial charge in [-0.25, -0.2) is 18.1 Å². The molecule has 2 aromatic heterocycles. The summed E-state index contributed by atoms with van der Waals surface area (Å²) in [5.41, 5.74) is 1.85. The molecule has 0 N–H and O–H groups in total. The first kappa shape index (κ1) is 17.4. The van der Waals surface area contributed by atoms with E-state index in [9.17, 15) is 13.2 Å². The van der Waals surface area contributed by atoms with E-state index >= 15 is 0 Å². The minimum absolute atomic E-state index is 0.0682. The maximum Gasteiger partial charge on any atom is 0.267 e. The number of aromatic nitrogens is 4. The molecule has 1 unspecified atom stereocenters. The van der Waals surface area contributed by atoms with E-state index in [1.807, 2.05) is 0 Å². The molecule has 4 rings (SSSR count). The molecule has 0 radical (unpaired) electrons. The molecule has 140 valence electrons. The largest absolute Gasteiger partial charge is 0.337 e. The SMILES string of the molecule is Cc1nc(S(=O)(=O)N2CCCC2Cn2nc3c(cc2=O)CCC3)cn1C. The van der Waals surface area contributed by atoms with Gasteiger partial charge in [0.1, 0.15) is 5.82 Å². The summed E-state index contributed by atoms with van der Waals surface area (Å²) in [6.07, 6.45) is 5.84. The maximum atomic E-state index is 13.0. The molecule has 3 heterocycles. The molecule has 1 atom stereocenters. The lowest BCUT2D eigenvalue weighted by molar-refractivity contribution is 0.333. The fourth-order valence-electron chi connectivity index (χ4n) is 3.85. The summed E-state index contributed by atoms with van der Waals surface area (Å²) in [4.78, 5) is 16.5. The van der Waals surface area contributed by atoms with Crippen LogP contribution < -0.4 is 5.56 Å². The number of hydrogen-bond acceptors (Lipinski definition) is 5. The number of imidazole rings is 1. The van der Waals surface area contributed by atoms with Crippen LogP contribution in [0, 0.1) is 6.92 Å². The molecule has 1 fully saturated rings.